The van der Waals surface area contributed by atoms with E-state index < -0.39 is 30.1 Å². The van der Waals surface area contributed by atoms with Gasteiger partial charge in [-0.15, -0.1) is 0 Å². The molecule has 1 fully saturated rings. The molecule has 0 bridgehead atoms. The first kappa shape index (κ1) is 14.7. The number of rotatable bonds is 3. The summed E-state index contributed by atoms with van der Waals surface area (Å²) in [6, 6.07) is 3.17. The third-order valence-electron chi connectivity index (χ3n) is 3.94. The molecule has 4 nitrogen and oxygen atoms in total. The third-order valence-corrected chi connectivity index (χ3v) is 3.94. The van der Waals surface area contributed by atoms with Crippen molar-refractivity contribution in [2.45, 2.75) is 43.9 Å². The first-order chi connectivity index (χ1) is 9.29. The van der Waals surface area contributed by atoms with Crippen molar-refractivity contribution in [2.24, 2.45) is 0 Å². The molecule has 20 heavy (non-hydrogen) atoms. The van der Waals surface area contributed by atoms with Crippen LogP contribution in [0, 0.1) is 6.92 Å². The highest BCUT2D eigenvalue weighted by atomic mass is 19.3. The molecule has 0 unspecified atom stereocenters. The molecule has 110 valence electrons. The molecule has 0 radical (unpaired) electrons. The van der Waals surface area contributed by atoms with Gasteiger partial charge in [0, 0.05) is 24.6 Å². The maximum Gasteiger partial charge on any atom is 0.314 e. The minimum atomic E-state index is -2.77. The molecule has 0 aliphatic heterocycles. The Morgan fingerprint density at radius 2 is 1.90 bits per heavy atom. The van der Waals surface area contributed by atoms with Crippen LogP contribution in [-0.2, 0) is 10.2 Å². The number of methoxy groups -OCH3 is 1. The third kappa shape index (κ3) is 2.59. The number of carboxylic acid groups (broad SMARTS) is 1. The average Bonchev–Trinajstić information content (AvgIpc) is 2.38. The van der Waals surface area contributed by atoms with E-state index in [1.165, 1.54) is 13.2 Å². The highest BCUT2D eigenvalue weighted by molar-refractivity contribution is 5.81. The van der Waals surface area contributed by atoms with Gasteiger partial charge in [-0.3, -0.25) is 4.79 Å². The Bertz CT molecular complexity index is 521. The summed E-state index contributed by atoms with van der Waals surface area (Å²) in [5.74, 6) is -3.54. The summed E-state index contributed by atoms with van der Waals surface area (Å²) < 4.78 is 31.7. The van der Waals surface area contributed by atoms with Crippen LogP contribution in [0.2, 0.25) is 0 Å². The van der Waals surface area contributed by atoms with Gasteiger partial charge >= 0.3 is 5.97 Å². The summed E-state index contributed by atoms with van der Waals surface area (Å²) in [4.78, 5) is 15.8. The van der Waals surface area contributed by atoms with Crippen molar-refractivity contribution in [2.75, 3.05) is 7.11 Å². The molecule has 0 spiro atoms. The molecule has 6 heteroatoms. The lowest BCUT2D eigenvalue weighted by atomic mass is 9.68. The number of aryl methyl sites for hydroxylation is 1. The highest BCUT2D eigenvalue weighted by Gasteiger charge is 2.49. The zero-order valence-electron chi connectivity index (χ0n) is 11.4. The highest BCUT2D eigenvalue weighted by Crippen LogP contribution is 2.46. The second kappa shape index (κ2) is 5.00. The number of nitrogens with zero attached hydrogens (tertiary/aromatic N) is 1. The lowest BCUT2D eigenvalue weighted by molar-refractivity contribution is -0.149. The molecule has 2 rings (SSSR count). The maximum atomic E-state index is 13.3. The van der Waals surface area contributed by atoms with Gasteiger partial charge in [-0.25, -0.2) is 13.8 Å². The van der Waals surface area contributed by atoms with Gasteiger partial charge in [-0.2, -0.15) is 0 Å². The van der Waals surface area contributed by atoms with Gasteiger partial charge in [0.25, 0.3) is 0 Å². The second-order valence-electron chi connectivity index (χ2n) is 5.28. The fourth-order valence-corrected chi connectivity index (χ4v) is 2.69. The predicted octanol–water partition coefficient (Wildman–Crippen LogP) is 2.93. The minimum Gasteiger partial charge on any atom is -0.481 e. The molecule has 0 amide bonds. The Morgan fingerprint density at radius 3 is 2.40 bits per heavy atom. The first-order valence-electron chi connectivity index (χ1n) is 6.43. The molecule has 1 aromatic heterocycles. The van der Waals surface area contributed by atoms with Crippen molar-refractivity contribution in [1.82, 2.24) is 4.98 Å². The van der Waals surface area contributed by atoms with E-state index in [0.717, 1.165) is 0 Å². The van der Waals surface area contributed by atoms with Crippen molar-refractivity contribution in [1.29, 1.82) is 0 Å². The summed E-state index contributed by atoms with van der Waals surface area (Å²) >= 11 is 0. The fourth-order valence-electron chi connectivity index (χ4n) is 2.69. The Labute approximate surface area is 115 Å². The Balaban J connectivity index is 2.44. The monoisotopic (exact) mass is 285 g/mol. The number of hydrogen-bond acceptors (Lipinski definition) is 3. The van der Waals surface area contributed by atoms with Gasteiger partial charge in [-0.05, 0) is 31.4 Å². The van der Waals surface area contributed by atoms with E-state index in [4.69, 9.17) is 4.74 Å². The van der Waals surface area contributed by atoms with Crippen LogP contribution in [0.4, 0.5) is 8.78 Å². The predicted molar refractivity (Wildman–Crippen MR) is 68.3 cm³/mol. The van der Waals surface area contributed by atoms with Crippen molar-refractivity contribution in [3.05, 3.63) is 23.4 Å². The standard InChI is InChI=1S/C14H17F2NO3/c1-9-7-10(8-11(17-9)20-2)13(12(18)19)3-5-14(15,16)6-4-13/h7-8H,3-6H2,1-2H3,(H,18,19). The van der Waals surface area contributed by atoms with Gasteiger partial charge in [0.15, 0.2) is 0 Å². The number of carbonyl (C=O) groups is 1. The van der Waals surface area contributed by atoms with Crippen LogP contribution in [0.25, 0.3) is 0 Å². The number of pyridine rings is 1. The smallest absolute Gasteiger partial charge is 0.314 e. The maximum absolute atomic E-state index is 13.3. The number of aromatic nitrogens is 1. The van der Waals surface area contributed by atoms with Gasteiger partial charge < -0.3 is 9.84 Å². The lowest BCUT2D eigenvalue weighted by Crippen LogP contribution is -2.42. The summed E-state index contributed by atoms with van der Waals surface area (Å²) in [6.07, 6.45) is -0.990. The van der Waals surface area contributed by atoms with Crippen molar-refractivity contribution < 1.29 is 23.4 Å². The Hall–Kier alpha value is -1.72. The van der Waals surface area contributed by atoms with Crippen LogP contribution >= 0.6 is 0 Å². The average molecular weight is 285 g/mol. The molecule has 1 N–H and O–H groups in total. The van der Waals surface area contributed by atoms with E-state index in [1.807, 2.05) is 0 Å². The molecular weight excluding hydrogens is 268 g/mol. The van der Waals surface area contributed by atoms with Crippen molar-refractivity contribution in [3.63, 3.8) is 0 Å². The number of alkyl halides is 2. The van der Waals surface area contributed by atoms with E-state index in [9.17, 15) is 18.7 Å². The number of ether oxygens (including phenoxy) is 1. The van der Waals surface area contributed by atoms with Crippen molar-refractivity contribution in [3.8, 4) is 5.88 Å². The molecule has 1 aliphatic rings. The quantitative estimate of drug-likeness (QED) is 0.927. The van der Waals surface area contributed by atoms with E-state index >= 15 is 0 Å². The van der Waals surface area contributed by atoms with Crippen LogP contribution in [-0.4, -0.2) is 29.1 Å². The van der Waals surface area contributed by atoms with Crippen LogP contribution in [0.15, 0.2) is 12.1 Å². The van der Waals surface area contributed by atoms with Gasteiger partial charge in [0.05, 0.1) is 12.5 Å². The molecule has 1 saturated carbocycles. The van der Waals surface area contributed by atoms with Crippen molar-refractivity contribution >= 4 is 5.97 Å². The Kier molecular flexibility index (Phi) is 3.67. The Morgan fingerprint density at radius 1 is 1.30 bits per heavy atom. The van der Waals surface area contributed by atoms with Gasteiger partial charge in [0.2, 0.25) is 11.8 Å². The number of halogens is 2. The summed E-state index contributed by atoms with van der Waals surface area (Å²) in [6.45, 7) is 1.72. The lowest BCUT2D eigenvalue weighted by Gasteiger charge is -2.37. The largest absolute Gasteiger partial charge is 0.481 e. The number of carboxylic acids is 1. The van der Waals surface area contributed by atoms with Gasteiger partial charge in [-0.1, -0.05) is 0 Å². The summed E-state index contributed by atoms with van der Waals surface area (Å²) in [5, 5.41) is 9.56. The molecule has 1 aliphatic carbocycles. The fraction of sp³-hybridized carbons (Fsp3) is 0.571. The number of aliphatic carboxylic acids is 1. The van der Waals surface area contributed by atoms with Gasteiger partial charge in [0.1, 0.15) is 0 Å². The van der Waals surface area contributed by atoms with Crippen LogP contribution in [0.3, 0.4) is 0 Å². The van der Waals surface area contributed by atoms with Crippen LogP contribution in [0.5, 0.6) is 5.88 Å². The normalized spacial score (nSPS) is 20.4. The molecule has 1 heterocycles. The summed E-state index contributed by atoms with van der Waals surface area (Å²) in [7, 11) is 1.44. The van der Waals surface area contributed by atoms with E-state index in [0.29, 0.717) is 17.1 Å². The number of hydrogen-bond donors (Lipinski definition) is 1. The van der Waals surface area contributed by atoms with E-state index in [2.05, 4.69) is 4.98 Å². The topological polar surface area (TPSA) is 59.4 Å². The molecular formula is C14H17F2NO3. The zero-order chi connectivity index (χ0) is 15.0. The first-order valence-corrected chi connectivity index (χ1v) is 6.43. The minimum absolute atomic E-state index is 0.0814. The zero-order valence-corrected chi connectivity index (χ0v) is 11.4. The van der Waals surface area contributed by atoms with E-state index in [-0.39, 0.29) is 12.8 Å². The molecule has 0 atom stereocenters. The van der Waals surface area contributed by atoms with E-state index in [1.54, 1.807) is 13.0 Å². The molecule has 1 aromatic rings. The van der Waals surface area contributed by atoms with Crippen LogP contribution in [0.1, 0.15) is 36.9 Å². The summed E-state index contributed by atoms with van der Waals surface area (Å²) in [5.41, 5.74) is -0.176. The van der Waals surface area contributed by atoms with Crippen LogP contribution < -0.4 is 4.74 Å². The second-order valence-corrected chi connectivity index (χ2v) is 5.28. The SMILES string of the molecule is COc1cc(C2(C(=O)O)CCC(F)(F)CC2)cc(C)n1. The molecule has 0 saturated heterocycles. The molecule has 0 aromatic carbocycles.